The summed E-state index contributed by atoms with van der Waals surface area (Å²) in [5, 5.41) is 0. The van der Waals surface area contributed by atoms with E-state index in [1.54, 1.807) is 6.92 Å². The molecule has 3 aromatic rings. The average Bonchev–Trinajstić information content (AvgIpc) is 3.45. The lowest BCUT2D eigenvalue weighted by atomic mass is 9.87. The predicted molar refractivity (Wildman–Crippen MR) is 116 cm³/mol. The quantitative estimate of drug-likeness (QED) is 0.522. The van der Waals surface area contributed by atoms with Gasteiger partial charge in [-0.3, -0.25) is 9.59 Å². The summed E-state index contributed by atoms with van der Waals surface area (Å²) >= 11 is 0. The Morgan fingerprint density at radius 3 is 2.13 bits per heavy atom. The number of hydrogen-bond acceptors (Lipinski definition) is 4. The maximum absolute atomic E-state index is 13.1. The van der Waals surface area contributed by atoms with Gasteiger partial charge >= 0.3 is 0 Å². The molecule has 0 saturated heterocycles. The highest BCUT2D eigenvalue weighted by atomic mass is 16.7. The minimum atomic E-state index is -0.387. The number of carbonyl (C=O) groups is 2. The summed E-state index contributed by atoms with van der Waals surface area (Å²) in [5.41, 5.74) is 4.48. The lowest BCUT2D eigenvalue weighted by Crippen LogP contribution is -2.22. The molecule has 5 rings (SSSR count). The molecule has 4 heteroatoms. The molecular formula is C26H24O4. The van der Waals surface area contributed by atoms with E-state index >= 15 is 0 Å². The van der Waals surface area contributed by atoms with Crippen LogP contribution < -0.4 is 9.47 Å². The highest BCUT2D eigenvalue weighted by Gasteiger charge is 2.50. The Bertz CT molecular complexity index is 1130. The summed E-state index contributed by atoms with van der Waals surface area (Å²) in [6.45, 7) is 1.81. The first-order valence-electron chi connectivity index (χ1n) is 10.2. The first-order valence-corrected chi connectivity index (χ1v) is 10.2. The Morgan fingerprint density at radius 1 is 0.867 bits per heavy atom. The summed E-state index contributed by atoms with van der Waals surface area (Å²) in [7, 11) is 0. The van der Waals surface area contributed by atoms with Gasteiger partial charge in [0.1, 0.15) is 5.78 Å². The van der Waals surface area contributed by atoms with Crippen molar-refractivity contribution in [1.82, 2.24) is 0 Å². The zero-order valence-electron chi connectivity index (χ0n) is 16.8. The van der Waals surface area contributed by atoms with Gasteiger partial charge in [-0.25, -0.2) is 0 Å². The van der Waals surface area contributed by atoms with Gasteiger partial charge in [0.2, 0.25) is 6.79 Å². The molecule has 0 atom stereocenters. The van der Waals surface area contributed by atoms with Crippen molar-refractivity contribution in [3.63, 3.8) is 0 Å². The third kappa shape index (κ3) is 3.28. The van der Waals surface area contributed by atoms with E-state index in [4.69, 9.17) is 9.47 Å². The molecule has 2 aliphatic rings. The van der Waals surface area contributed by atoms with Gasteiger partial charge in [-0.2, -0.15) is 0 Å². The fraction of sp³-hybridized carbons (Fsp3) is 0.231. The number of Topliss-reactive ketones (excluding diaryl/α,β-unsaturated/α-hetero) is 2. The fourth-order valence-corrected chi connectivity index (χ4v) is 4.11. The number of carbonyl (C=O) groups excluding carboxylic acids is 2. The van der Waals surface area contributed by atoms with E-state index in [9.17, 15) is 9.59 Å². The Balaban J connectivity index is 0.00000231. The largest absolute Gasteiger partial charge is 0.454 e. The van der Waals surface area contributed by atoms with Crippen molar-refractivity contribution in [3.8, 4) is 22.6 Å². The predicted octanol–water partition coefficient (Wildman–Crippen LogP) is 5.37. The molecule has 152 valence electrons. The van der Waals surface area contributed by atoms with E-state index in [2.05, 4.69) is 0 Å². The zero-order chi connectivity index (χ0) is 20.7. The number of benzene rings is 3. The molecule has 0 bridgehead atoms. The second-order valence-corrected chi connectivity index (χ2v) is 8.08. The zero-order valence-corrected chi connectivity index (χ0v) is 16.8. The third-order valence-electron chi connectivity index (χ3n) is 6.15. The molecule has 1 aliphatic carbocycles. The summed E-state index contributed by atoms with van der Waals surface area (Å²) < 4.78 is 10.9. The Hall–Kier alpha value is -3.40. The molecule has 0 spiro atoms. The molecule has 0 aromatic heterocycles. The maximum atomic E-state index is 13.1. The third-order valence-corrected chi connectivity index (χ3v) is 6.15. The Morgan fingerprint density at radius 2 is 1.50 bits per heavy atom. The van der Waals surface area contributed by atoms with Crippen LogP contribution in [0.25, 0.3) is 11.1 Å². The van der Waals surface area contributed by atoms with Crippen molar-refractivity contribution >= 4 is 11.6 Å². The number of hydrogen-bond donors (Lipinski definition) is 0. The van der Waals surface area contributed by atoms with E-state index in [-0.39, 0.29) is 25.2 Å². The Labute approximate surface area is 176 Å². The highest BCUT2D eigenvalue weighted by molar-refractivity contribution is 5.95. The van der Waals surface area contributed by atoms with Crippen LogP contribution in [0.4, 0.5) is 0 Å². The van der Waals surface area contributed by atoms with Crippen molar-refractivity contribution in [2.75, 3.05) is 6.79 Å². The van der Waals surface area contributed by atoms with Crippen LogP contribution in [-0.4, -0.2) is 18.4 Å². The molecule has 1 fully saturated rings. The number of ketones is 2. The molecule has 1 saturated carbocycles. The van der Waals surface area contributed by atoms with Gasteiger partial charge in [-0.05, 0) is 54.2 Å². The van der Waals surface area contributed by atoms with Gasteiger partial charge in [-0.15, -0.1) is 0 Å². The van der Waals surface area contributed by atoms with Crippen molar-refractivity contribution < 1.29 is 20.5 Å². The molecule has 1 heterocycles. The van der Waals surface area contributed by atoms with Crippen LogP contribution in [0.3, 0.4) is 0 Å². The summed E-state index contributed by atoms with van der Waals surface area (Å²) in [6, 6.07) is 21.5. The van der Waals surface area contributed by atoms with Gasteiger partial charge in [-0.1, -0.05) is 54.6 Å². The van der Waals surface area contributed by atoms with Crippen LogP contribution in [-0.2, 0) is 16.6 Å². The van der Waals surface area contributed by atoms with E-state index in [0.29, 0.717) is 12.0 Å². The number of ether oxygens (including phenoxy) is 2. The summed E-state index contributed by atoms with van der Waals surface area (Å²) in [5.74, 6) is 1.78. The van der Waals surface area contributed by atoms with Crippen molar-refractivity contribution in [1.29, 1.82) is 0 Å². The number of fused-ring (bicyclic) bond motifs is 1. The van der Waals surface area contributed by atoms with Gasteiger partial charge < -0.3 is 9.47 Å². The summed E-state index contributed by atoms with van der Waals surface area (Å²) in [4.78, 5) is 24.6. The van der Waals surface area contributed by atoms with Gasteiger partial charge in [0.05, 0.1) is 5.41 Å². The SMILES string of the molecule is CC(=O)c1ccc(-c2ccc(CC(=O)C3(c4ccc5c(c4)OCO5)CC3)cc2)cc1.[HH]. The fourth-order valence-electron chi connectivity index (χ4n) is 4.11. The van der Waals surface area contributed by atoms with Crippen molar-refractivity contribution in [2.45, 2.75) is 31.6 Å². The van der Waals surface area contributed by atoms with Gasteiger partial charge in [0, 0.05) is 13.4 Å². The van der Waals surface area contributed by atoms with Crippen LogP contribution in [0.5, 0.6) is 11.5 Å². The molecule has 0 N–H and O–H groups in total. The first-order chi connectivity index (χ1) is 14.5. The molecule has 0 amide bonds. The molecule has 3 aromatic carbocycles. The normalized spacial score (nSPS) is 15.6. The monoisotopic (exact) mass is 400 g/mol. The molecule has 0 radical (unpaired) electrons. The van der Waals surface area contributed by atoms with E-state index < -0.39 is 0 Å². The molecule has 0 unspecified atom stereocenters. The van der Waals surface area contributed by atoms with Crippen LogP contribution >= 0.6 is 0 Å². The lowest BCUT2D eigenvalue weighted by Gasteiger charge is -2.15. The van der Waals surface area contributed by atoms with Crippen LogP contribution in [0, 0.1) is 0 Å². The first kappa shape index (κ1) is 18.6. The highest BCUT2D eigenvalue weighted by Crippen LogP contribution is 2.51. The molecule has 4 nitrogen and oxygen atoms in total. The average molecular weight is 400 g/mol. The smallest absolute Gasteiger partial charge is 0.231 e. The summed E-state index contributed by atoms with van der Waals surface area (Å²) in [6.07, 6.45) is 2.18. The van der Waals surface area contributed by atoms with Crippen molar-refractivity contribution in [2.24, 2.45) is 0 Å². The van der Waals surface area contributed by atoms with Crippen LogP contribution in [0.15, 0.2) is 66.7 Å². The second-order valence-electron chi connectivity index (χ2n) is 8.08. The van der Waals surface area contributed by atoms with Crippen molar-refractivity contribution in [3.05, 3.63) is 83.4 Å². The van der Waals surface area contributed by atoms with E-state index in [0.717, 1.165) is 46.6 Å². The number of rotatable bonds is 6. The topological polar surface area (TPSA) is 52.6 Å². The Kier molecular flexibility index (Phi) is 4.43. The molecular weight excluding hydrogens is 376 g/mol. The standard InChI is InChI=1S/C26H22O4.H2/c1-17(27)19-6-8-21(9-7-19)20-4-2-18(3-5-20)14-25(28)26(12-13-26)22-10-11-23-24(15-22)30-16-29-23;/h2-11,15H,12-14,16H2,1H3;1H. The minimum Gasteiger partial charge on any atom is -0.454 e. The van der Waals surface area contributed by atoms with E-state index in [1.165, 1.54) is 0 Å². The maximum Gasteiger partial charge on any atom is 0.231 e. The van der Waals surface area contributed by atoms with Gasteiger partial charge in [0.15, 0.2) is 17.3 Å². The van der Waals surface area contributed by atoms with Crippen LogP contribution in [0.2, 0.25) is 0 Å². The van der Waals surface area contributed by atoms with E-state index in [1.807, 2.05) is 66.7 Å². The molecule has 30 heavy (non-hydrogen) atoms. The second kappa shape index (κ2) is 7.13. The lowest BCUT2D eigenvalue weighted by molar-refractivity contribution is -0.120. The van der Waals surface area contributed by atoms with Crippen LogP contribution in [0.1, 0.15) is 42.7 Å². The minimum absolute atomic E-state index is 0. The van der Waals surface area contributed by atoms with Gasteiger partial charge in [0.25, 0.3) is 0 Å². The molecule has 1 aliphatic heterocycles.